The van der Waals surface area contributed by atoms with Gasteiger partial charge in [0.15, 0.2) is 0 Å². The van der Waals surface area contributed by atoms with E-state index in [1.54, 1.807) is 0 Å². The summed E-state index contributed by atoms with van der Waals surface area (Å²) in [5.41, 5.74) is 3.97. The number of fused-ring (bicyclic) bond motifs is 1. The van der Waals surface area contributed by atoms with Crippen LogP contribution in [0.4, 0.5) is 11.4 Å². The van der Waals surface area contributed by atoms with Gasteiger partial charge in [0, 0.05) is 35.0 Å². The lowest BCUT2D eigenvalue weighted by atomic mass is 10.1. The monoisotopic (exact) mass is 326 g/mol. The molecule has 0 saturated carbocycles. The minimum Gasteiger partial charge on any atom is -0.370 e. The highest BCUT2D eigenvalue weighted by Crippen LogP contribution is 2.35. The summed E-state index contributed by atoms with van der Waals surface area (Å²) in [6, 6.07) is 14.0. The van der Waals surface area contributed by atoms with Gasteiger partial charge >= 0.3 is 0 Å². The molecule has 1 heterocycles. The molecule has 120 valence electrons. The largest absolute Gasteiger partial charge is 0.370 e. The summed E-state index contributed by atoms with van der Waals surface area (Å²) in [6.45, 7) is 6.28. The van der Waals surface area contributed by atoms with Crippen molar-refractivity contribution in [2.24, 2.45) is 0 Å². The maximum absolute atomic E-state index is 12.6. The van der Waals surface area contributed by atoms with Gasteiger partial charge in [0.2, 0.25) is 0 Å². The van der Waals surface area contributed by atoms with Gasteiger partial charge in [-0.15, -0.1) is 11.8 Å². The Labute approximate surface area is 142 Å². The molecule has 2 aromatic rings. The third-order valence-corrected chi connectivity index (χ3v) is 5.20. The predicted octanol–water partition coefficient (Wildman–Crippen LogP) is 4.43. The minimum absolute atomic E-state index is 0.0484. The van der Waals surface area contributed by atoms with Crippen LogP contribution in [0.1, 0.15) is 29.8 Å². The minimum atomic E-state index is -0.0484. The highest BCUT2D eigenvalue weighted by atomic mass is 32.2. The van der Waals surface area contributed by atoms with Gasteiger partial charge < -0.3 is 10.2 Å². The summed E-state index contributed by atoms with van der Waals surface area (Å²) in [5, 5.41) is 3.01. The number of hydrogen-bond acceptors (Lipinski definition) is 3. The second kappa shape index (κ2) is 7.09. The van der Waals surface area contributed by atoms with Crippen molar-refractivity contribution in [2.75, 3.05) is 29.1 Å². The normalized spacial score (nSPS) is 13.6. The molecule has 1 aliphatic heterocycles. The Balaban J connectivity index is 1.82. The van der Waals surface area contributed by atoms with Crippen molar-refractivity contribution in [3.05, 3.63) is 53.6 Å². The van der Waals surface area contributed by atoms with Gasteiger partial charge in [0.1, 0.15) is 0 Å². The summed E-state index contributed by atoms with van der Waals surface area (Å²) < 4.78 is 0. The van der Waals surface area contributed by atoms with Crippen LogP contribution in [0.5, 0.6) is 0 Å². The molecule has 0 aliphatic carbocycles. The van der Waals surface area contributed by atoms with Crippen LogP contribution in [0.3, 0.4) is 0 Å². The molecule has 23 heavy (non-hydrogen) atoms. The van der Waals surface area contributed by atoms with Gasteiger partial charge in [-0.3, -0.25) is 4.79 Å². The Hall–Kier alpha value is -1.94. The number of nitrogens with one attached hydrogen (secondary N) is 1. The van der Waals surface area contributed by atoms with Gasteiger partial charge in [0.05, 0.1) is 5.69 Å². The van der Waals surface area contributed by atoms with Crippen LogP contribution < -0.4 is 10.2 Å². The average molecular weight is 326 g/mol. The lowest BCUT2D eigenvalue weighted by molar-refractivity contribution is 0.102. The molecule has 4 heteroatoms. The summed E-state index contributed by atoms with van der Waals surface area (Å²) in [6.07, 6.45) is 0.964. The maximum atomic E-state index is 12.6. The third-order valence-electron chi connectivity index (χ3n) is 4.16. The maximum Gasteiger partial charge on any atom is 0.255 e. The van der Waals surface area contributed by atoms with Crippen molar-refractivity contribution in [1.29, 1.82) is 0 Å². The second-order valence-electron chi connectivity index (χ2n) is 5.62. The van der Waals surface area contributed by atoms with E-state index in [2.05, 4.69) is 36.2 Å². The average Bonchev–Trinajstić information content (AvgIpc) is 2.60. The standard InChI is InChI=1S/C19H22N2OS/c1-3-14-6-5-7-16(12-14)20-19(22)15-8-9-18-17(13-15)21(4-2)10-11-23-18/h5-9,12-13H,3-4,10-11H2,1-2H3,(H,20,22). The van der Waals surface area contributed by atoms with E-state index in [-0.39, 0.29) is 5.91 Å². The van der Waals surface area contributed by atoms with Crippen molar-refractivity contribution >= 4 is 29.0 Å². The first-order valence-electron chi connectivity index (χ1n) is 8.13. The number of amides is 1. The van der Waals surface area contributed by atoms with E-state index in [1.165, 1.54) is 16.1 Å². The highest BCUT2D eigenvalue weighted by Gasteiger charge is 2.18. The Kier molecular flexibility index (Phi) is 4.91. The Bertz CT molecular complexity index is 714. The van der Waals surface area contributed by atoms with E-state index in [4.69, 9.17) is 0 Å². The highest BCUT2D eigenvalue weighted by molar-refractivity contribution is 7.99. The lowest BCUT2D eigenvalue weighted by Gasteiger charge is -2.30. The van der Waals surface area contributed by atoms with E-state index in [0.717, 1.165) is 31.0 Å². The summed E-state index contributed by atoms with van der Waals surface area (Å²) in [4.78, 5) is 16.2. The van der Waals surface area contributed by atoms with Crippen LogP contribution >= 0.6 is 11.8 Å². The van der Waals surface area contributed by atoms with Crippen LogP contribution in [-0.4, -0.2) is 24.7 Å². The number of nitrogens with zero attached hydrogens (tertiary/aromatic N) is 1. The number of rotatable bonds is 4. The Morgan fingerprint density at radius 3 is 2.87 bits per heavy atom. The SMILES string of the molecule is CCc1cccc(NC(=O)c2ccc3c(c2)N(CC)CCS3)c1. The van der Waals surface area contributed by atoms with Crippen molar-refractivity contribution in [3.63, 3.8) is 0 Å². The molecule has 0 bridgehead atoms. The Morgan fingerprint density at radius 1 is 1.22 bits per heavy atom. The molecule has 3 rings (SSSR count). The molecular weight excluding hydrogens is 304 g/mol. The van der Waals surface area contributed by atoms with E-state index >= 15 is 0 Å². The number of anilines is 2. The predicted molar refractivity (Wildman–Crippen MR) is 98.8 cm³/mol. The summed E-state index contributed by atoms with van der Waals surface area (Å²) >= 11 is 1.86. The van der Waals surface area contributed by atoms with E-state index < -0.39 is 0 Å². The zero-order valence-corrected chi connectivity index (χ0v) is 14.5. The molecule has 0 aromatic heterocycles. The fourth-order valence-electron chi connectivity index (χ4n) is 2.81. The van der Waals surface area contributed by atoms with E-state index in [9.17, 15) is 4.79 Å². The number of carbonyl (C=O) groups is 1. The van der Waals surface area contributed by atoms with Crippen LogP contribution in [0.2, 0.25) is 0 Å². The van der Waals surface area contributed by atoms with Crippen LogP contribution in [-0.2, 0) is 6.42 Å². The van der Waals surface area contributed by atoms with E-state index in [1.807, 2.05) is 42.1 Å². The fourth-order valence-corrected chi connectivity index (χ4v) is 3.85. The van der Waals surface area contributed by atoms with E-state index in [0.29, 0.717) is 5.56 Å². The zero-order chi connectivity index (χ0) is 16.2. The van der Waals surface area contributed by atoms with Crippen molar-refractivity contribution < 1.29 is 4.79 Å². The molecule has 2 aromatic carbocycles. The number of aryl methyl sites for hydroxylation is 1. The number of benzene rings is 2. The molecule has 0 spiro atoms. The summed E-state index contributed by atoms with van der Waals surface area (Å²) in [5.74, 6) is 1.06. The number of hydrogen-bond donors (Lipinski definition) is 1. The van der Waals surface area contributed by atoms with Gasteiger partial charge in [-0.1, -0.05) is 19.1 Å². The molecule has 1 amide bonds. The second-order valence-corrected chi connectivity index (χ2v) is 6.76. The first-order valence-corrected chi connectivity index (χ1v) is 9.12. The lowest BCUT2D eigenvalue weighted by Crippen LogP contribution is -2.29. The fraction of sp³-hybridized carbons (Fsp3) is 0.316. The van der Waals surface area contributed by atoms with Gasteiger partial charge in [-0.25, -0.2) is 0 Å². The molecule has 0 fully saturated rings. The van der Waals surface area contributed by atoms with Crippen molar-refractivity contribution in [3.8, 4) is 0 Å². The third kappa shape index (κ3) is 3.53. The van der Waals surface area contributed by atoms with Crippen LogP contribution in [0.25, 0.3) is 0 Å². The molecular formula is C19H22N2OS. The smallest absolute Gasteiger partial charge is 0.255 e. The molecule has 3 nitrogen and oxygen atoms in total. The van der Waals surface area contributed by atoms with Crippen molar-refractivity contribution in [2.45, 2.75) is 25.2 Å². The molecule has 0 unspecified atom stereocenters. The molecule has 1 aliphatic rings. The quantitative estimate of drug-likeness (QED) is 0.902. The first-order chi connectivity index (χ1) is 11.2. The molecule has 0 saturated heterocycles. The number of thioether (sulfide) groups is 1. The van der Waals surface area contributed by atoms with Crippen LogP contribution in [0, 0.1) is 0 Å². The van der Waals surface area contributed by atoms with Gasteiger partial charge in [-0.05, 0) is 49.2 Å². The van der Waals surface area contributed by atoms with Crippen LogP contribution in [0.15, 0.2) is 47.4 Å². The molecule has 0 atom stereocenters. The molecule has 0 radical (unpaired) electrons. The van der Waals surface area contributed by atoms with Gasteiger partial charge in [-0.2, -0.15) is 0 Å². The van der Waals surface area contributed by atoms with Gasteiger partial charge in [0.25, 0.3) is 5.91 Å². The first kappa shape index (κ1) is 15.9. The zero-order valence-electron chi connectivity index (χ0n) is 13.6. The molecule has 1 N–H and O–H groups in total. The Morgan fingerprint density at radius 2 is 2.09 bits per heavy atom. The summed E-state index contributed by atoms with van der Waals surface area (Å²) in [7, 11) is 0. The topological polar surface area (TPSA) is 32.3 Å². The van der Waals surface area contributed by atoms with Crippen molar-refractivity contribution in [1.82, 2.24) is 0 Å². The number of carbonyl (C=O) groups excluding carboxylic acids is 1.